The SMILES string of the molecule is CCCNC(Cc1ncnn1C)c1cc(Cl)ccc1Cl. The van der Waals surface area contributed by atoms with E-state index in [-0.39, 0.29) is 6.04 Å². The molecule has 108 valence electrons. The highest BCUT2D eigenvalue weighted by Gasteiger charge is 2.17. The van der Waals surface area contributed by atoms with Crippen molar-refractivity contribution in [3.05, 3.63) is 46.0 Å². The van der Waals surface area contributed by atoms with Crippen molar-refractivity contribution in [3.63, 3.8) is 0 Å². The highest BCUT2D eigenvalue weighted by molar-refractivity contribution is 6.33. The second kappa shape index (κ2) is 7.07. The first-order chi connectivity index (χ1) is 9.61. The van der Waals surface area contributed by atoms with Gasteiger partial charge >= 0.3 is 0 Å². The lowest BCUT2D eigenvalue weighted by Crippen LogP contribution is -2.25. The zero-order valence-electron chi connectivity index (χ0n) is 11.6. The van der Waals surface area contributed by atoms with Gasteiger partial charge in [0.05, 0.1) is 0 Å². The summed E-state index contributed by atoms with van der Waals surface area (Å²) in [4.78, 5) is 4.28. The molecule has 20 heavy (non-hydrogen) atoms. The summed E-state index contributed by atoms with van der Waals surface area (Å²) in [5.41, 5.74) is 0.996. The number of benzene rings is 1. The largest absolute Gasteiger partial charge is 0.310 e. The van der Waals surface area contributed by atoms with Gasteiger partial charge in [-0.15, -0.1) is 0 Å². The molecular formula is C14H18Cl2N4. The molecule has 2 aromatic rings. The van der Waals surface area contributed by atoms with Gasteiger partial charge in [0.1, 0.15) is 12.2 Å². The van der Waals surface area contributed by atoms with Crippen molar-refractivity contribution in [2.75, 3.05) is 6.54 Å². The lowest BCUT2D eigenvalue weighted by atomic mass is 10.0. The van der Waals surface area contributed by atoms with E-state index in [0.717, 1.165) is 30.8 Å². The van der Waals surface area contributed by atoms with Crippen LogP contribution in [0, 0.1) is 0 Å². The Morgan fingerprint density at radius 2 is 2.15 bits per heavy atom. The van der Waals surface area contributed by atoms with E-state index in [1.807, 2.05) is 19.2 Å². The van der Waals surface area contributed by atoms with Gasteiger partial charge in [-0.3, -0.25) is 4.68 Å². The molecule has 0 saturated carbocycles. The molecule has 1 unspecified atom stereocenters. The fourth-order valence-corrected chi connectivity index (χ4v) is 2.51. The van der Waals surface area contributed by atoms with Crippen LogP contribution in [0.15, 0.2) is 24.5 Å². The van der Waals surface area contributed by atoms with Crippen LogP contribution in [0.2, 0.25) is 10.0 Å². The molecule has 2 rings (SSSR count). The Bertz CT molecular complexity index is 568. The first kappa shape index (κ1) is 15.3. The molecule has 4 nitrogen and oxygen atoms in total. The number of hydrogen-bond acceptors (Lipinski definition) is 3. The van der Waals surface area contributed by atoms with Gasteiger partial charge in [-0.2, -0.15) is 5.10 Å². The maximum absolute atomic E-state index is 6.31. The van der Waals surface area contributed by atoms with E-state index < -0.39 is 0 Å². The predicted molar refractivity (Wildman–Crippen MR) is 82.2 cm³/mol. The van der Waals surface area contributed by atoms with Gasteiger partial charge in [0.25, 0.3) is 0 Å². The third-order valence-corrected chi connectivity index (χ3v) is 3.75. The molecule has 1 atom stereocenters. The van der Waals surface area contributed by atoms with Crippen molar-refractivity contribution in [2.45, 2.75) is 25.8 Å². The maximum atomic E-state index is 6.31. The number of rotatable bonds is 6. The van der Waals surface area contributed by atoms with Crippen molar-refractivity contribution < 1.29 is 0 Å². The summed E-state index contributed by atoms with van der Waals surface area (Å²) < 4.78 is 1.78. The molecule has 0 aliphatic carbocycles. The lowest BCUT2D eigenvalue weighted by Gasteiger charge is -2.20. The molecule has 0 radical (unpaired) electrons. The molecule has 0 aliphatic heterocycles. The van der Waals surface area contributed by atoms with Gasteiger partial charge in [-0.05, 0) is 36.7 Å². The first-order valence-corrected chi connectivity index (χ1v) is 7.38. The number of nitrogens with zero attached hydrogens (tertiary/aromatic N) is 3. The van der Waals surface area contributed by atoms with E-state index in [9.17, 15) is 0 Å². The summed E-state index contributed by atoms with van der Waals surface area (Å²) in [6, 6.07) is 5.61. The molecule has 6 heteroatoms. The minimum Gasteiger partial charge on any atom is -0.310 e. The van der Waals surface area contributed by atoms with Crippen LogP contribution in [0.4, 0.5) is 0 Å². The highest BCUT2D eigenvalue weighted by Crippen LogP contribution is 2.28. The van der Waals surface area contributed by atoms with E-state index in [0.29, 0.717) is 10.0 Å². The summed E-state index contributed by atoms with van der Waals surface area (Å²) in [6.45, 7) is 3.04. The van der Waals surface area contributed by atoms with Gasteiger partial charge in [0.15, 0.2) is 0 Å². The van der Waals surface area contributed by atoms with Crippen LogP contribution in [-0.2, 0) is 13.5 Å². The molecular weight excluding hydrogens is 295 g/mol. The molecule has 0 saturated heterocycles. The molecule has 0 amide bonds. The average Bonchev–Trinajstić information content (AvgIpc) is 2.83. The molecule has 0 spiro atoms. The van der Waals surface area contributed by atoms with Gasteiger partial charge in [-0.25, -0.2) is 4.98 Å². The monoisotopic (exact) mass is 312 g/mol. The first-order valence-electron chi connectivity index (χ1n) is 6.63. The Balaban J connectivity index is 2.27. The van der Waals surface area contributed by atoms with E-state index in [4.69, 9.17) is 23.2 Å². The van der Waals surface area contributed by atoms with E-state index in [1.54, 1.807) is 17.1 Å². The van der Waals surface area contributed by atoms with Crippen LogP contribution >= 0.6 is 23.2 Å². The minimum absolute atomic E-state index is 0.0732. The zero-order chi connectivity index (χ0) is 14.5. The van der Waals surface area contributed by atoms with Crippen LogP contribution < -0.4 is 5.32 Å². The Kier molecular flexibility index (Phi) is 5.40. The van der Waals surface area contributed by atoms with Crippen molar-refractivity contribution >= 4 is 23.2 Å². The quantitative estimate of drug-likeness (QED) is 0.889. The third-order valence-electron chi connectivity index (χ3n) is 3.17. The van der Waals surface area contributed by atoms with Crippen LogP contribution in [0.5, 0.6) is 0 Å². The van der Waals surface area contributed by atoms with Crippen LogP contribution in [0.3, 0.4) is 0 Å². The maximum Gasteiger partial charge on any atom is 0.138 e. The summed E-state index contributed by atoms with van der Waals surface area (Å²) >= 11 is 12.4. The van der Waals surface area contributed by atoms with Crippen LogP contribution in [0.1, 0.15) is 30.8 Å². The highest BCUT2D eigenvalue weighted by atomic mass is 35.5. The summed E-state index contributed by atoms with van der Waals surface area (Å²) in [5.74, 6) is 0.912. The number of halogens is 2. The molecule has 0 bridgehead atoms. The van der Waals surface area contributed by atoms with Gasteiger partial charge in [0.2, 0.25) is 0 Å². The Morgan fingerprint density at radius 3 is 2.80 bits per heavy atom. The van der Waals surface area contributed by atoms with Gasteiger partial charge < -0.3 is 5.32 Å². The second-order valence-corrected chi connectivity index (χ2v) is 5.52. The van der Waals surface area contributed by atoms with Crippen LogP contribution in [0.25, 0.3) is 0 Å². The lowest BCUT2D eigenvalue weighted by molar-refractivity contribution is 0.506. The van der Waals surface area contributed by atoms with Crippen LogP contribution in [-0.4, -0.2) is 21.3 Å². The Hall–Kier alpha value is -1.10. The fourth-order valence-electron chi connectivity index (χ4n) is 2.08. The Labute approximate surface area is 129 Å². The smallest absolute Gasteiger partial charge is 0.138 e. The molecule has 1 N–H and O–H groups in total. The normalized spacial score (nSPS) is 12.6. The fraction of sp³-hybridized carbons (Fsp3) is 0.429. The summed E-state index contributed by atoms with van der Waals surface area (Å²) in [7, 11) is 1.89. The number of hydrogen-bond donors (Lipinski definition) is 1. The number of aryl methyl sites for hydroxylation is 1. The third kappa shape index (κ3) is 3.72. The van der Waals surface area contributed by atoms with E-state index in [2.05, 4.69) is 22.3 Å². The molecule has 0 fully saturated rings. The number of aromatic nitrogens is 3. The topological polar surface area (TPSA) is 42.7 Å². The minimum atomic E-state index is 0.0732. The van der Waals surface area contributed by atoms with Gasteiger partial charge in [-0.1, -0.05) is 30.1 Å². The zero-order valence-corrected chi connectivity index (χ0v) is 13.1. The molecule has 1 aromatic heterocycles. The van der Waals surface area contributed by atoms with E-state index in [1.165, 1.54) is 0 Å². The summed E-state index contributed by atoms with van der Waals surface area (Å²) in [5, 5.41) is 9.00. The second-order valence-electron chi connectivity index (χ2n) is 4.68. The average molecular weight is 313 g/mol. The molecule has 1 heterocycles. The standard InChI is InChI=1S/C14H18Cl2N4/c1-3-6-17-13(8-14-18-9-19-20(14)2)11-7-10(15)4-5-12(11)16/h4-5,7,9,13,17H,3,6,8H2,1-2H3. The molecule has 1 aromatic carbocycles. The Morgan fingerprint density at radius 1 is 1.35 bits per heavy atom. The van der Waals surface area contributed by atoms with Crippen molar-refractivity contribution in [1.29, 1.82) is 0 Å². The van der Waals surface area contributed by atoms with Crippen molar-refractivity contribution in [1.82, 2.24) is 20.1 Å². The van der Waals surface area contributed by atoms with Gasteiger partial charge in [0, 0.05) is 29.6 Å². The predicted octanol–water partition coefficient (Wildman–Crippen LogP) is 3.41. The molecule has 0 aliphatic rings. The number of nitrogens with one attached hydrogen (secondary N) is 1. The summed E-state index contributed by atoms with van der Waals surface area (Å²) in [6.07, 6.45) is 3.33. The van der Waals surface area contributed by atoms with E-state index >= 15 is 0 Å². The van der Waals surface area contributed by atoms with Crippen molar-refractivity contribution in [2.24, 2.45) is 7.05 Å². The van der Waals surface area contributed by atoms with Crippen molar-refractivity contribution in [3.8, 4) is 0 Å².